The summed E-state index contributed by atoms with van der Waals surface area (Å²) in [5.41, 5.74) is 0.516. The molecule has 0 aromatic carbocycles. The number of hydrogen-bond donors (Lipinski definition) is 2. The summed E-state index contributed by atoms with van der Waals surface area (Å²) in [5.74, 6) is 1.04. The Morgan fingerprint density at radius 2 is 2.00 bits per heavy atom. The van der Waals surface area contributed by atoms with Crippen LogP contribution in [0, 0.1) is 5.41 Å². The molecule has 2 aliphatic rings. The Balaban J connectivity index is 1.68. The number of likely N-dealkylation sites (tertiary alicyclic amines) is 1. The highest BCUT2D eigenvalue weighted by atomic mass is 32.1. The van der Waals surface area contributed by atoms with E-state index in [2.05, 4.69) is 17.5 Å². The lowest BCUT2D eigenvalue weighted by atomic mass is 9.70. The maximum Gasteiger partial charge on any atom is 0.0701 e. The van der Waals surface area contributed by atoms with Crippen LogP contribution in [0.4, 0.5) is 0 Å². The van der Waals surface area contributed by atoms with Gasteiger partial charge in [0, 0.05) is 19.6 Å². The van der Waals surface area contributed by atoms with E-state index in [0.717, 1.165) is 31.7 Å². The first-order chi connectivity index (χ1) is 8.28. The predicted molar refractivity (Wildman–Crippen MR) is 72.6 cm³/mol. The molecule has 17 heavy (non-hydrogen) atoms. The summed E-state index contributed by atoms with van der Waals surface area (Å²) in [5, 5.41) is 8.73. The molecule has 100 valence electrons. The Morgan fingerprint density at radius 3 is 2.47 bits per heavy atom. The standard InChI is InChI=1S/C13H25NO2S/c15-8-9-16-12-2-6-14(7-3-12)10-13(11-17)4-1-5-13/h12,15,17H,1-11H2. The minimum Gasteiger partial charge on any atom is -0.394 e. The Bertz CT molecular complexity index is 220. The summed E-state index contributed by atoms with van der Waals surface area (Å²) in [6.07, 6.45) is 6.70. The van der Waals surface area contributed by atoms with Crippen molar-refractivity contribution < 1.29 is 9.84 Å². The monoisotopic (exact) mass is 259 g/mol. The second kappa shape index (κ2) is 6.41. The van der Waals surface area contributed by atoms with Crippen molar-refractivity contribution in [2.24, 2.45) is 5.41 Å². The quantitative estimate of drug-likeness (QED) is 0.710. The molecule has 2 fully saturated rings. The SMILES string of the molecule is OCCOC1CCN(CC2(CS)CCC2)CC1. The maximum absolute atomic E-state index is 8.73. The summed E-state index contributed by atoms with van der Waals surface area (Å²) < 4.78 is 5.59. The molecule has 0 atom stereocenters. The molecule has 4 heteroatoms. The third-order valence-electron chi connectivity index (χ3n) is 4.29. The van der Waals surface area contributed by atoms with Crippen molar-refractivity contribution in [3.63, 3.8) is 0 Å². The van der Waals surface area contributed by atoms with Crippen molar-refractivity contribution in [1.82, 2.24) is 4.90 Å². The number of thiol groups is 1. The van der Waals surface area contributed by atoms with E-state index >= 15 is 0 Å². The van der Waals surface area contributed by atoms with Crippen LogP contribution in [0.15, 0.2) is 0 Å². The van der Waals surface area contributed by atoms with Crippen LogP contribution < -0.4 is 0 Å². The van der Waals surface area contributed by atoms with Crippen LogP contribution in [0.1, 0.15) is 32.1 Å². The molecule has 0 aromatic heterocycles. The van der Waals surface area contributed by atoms with Gasteiger partial charge >= 0.3 is 0 Å². The number of nitrogens with zero attached hydrogens (tertiary/aromatic N) is 1. The second-order valence-electron chi connectivity index (χ2n) is 5.58. The van der Waals surface area contributed by atoms with E-state index in [4.69, 9.17) is 9.84 Å². The summed E-state index contributed by atoms with van der Waals surface area (Å²) in [7, 11) is 0. The fourth-order valence-corrected chi connectivity index (χ4v) is 3.39. The highest BCUT2D eigenvalue weighted by Gasteiger charge is 2.37. The largest absolute Gasteiger partial charge is 0.394 e. The molecule has 2 rings (SSSR count). The van der Waals surface area contributed by atoms with Crippen molar-refractivity contribution in [1.29, 1.82) is 0 Å². The molecule has 1 aliphatic heterocycles. The van der Waals surface area contributed by atoms with Crippen LogP contribution in [-0.4, -0.2) is 54.7 Å². The van der Waals surface area contributed by atoms with Gasteiger partial charge in [-0.25, -0.2) is 0 Å². The van der Waals surface area contributed by atoms with Crippen molar-refractivity contribution in [2.45, 2.75) is 38.2 Å². The van der Waals surface area contributed by atoms with Crippen molar-refractivity contribution in [3.05, 3.63) is 0 Å². The Hall–Kier alpha value is 0.230. The van der Waals surface area contributed by atoms with Crippen LogP contribution >= 0.6 is 12.6 Å². The van der Waals surface area contributed by atoms with Gasteiger partial charge in [-0.1, -0.05) is 6.42 Å². The summed E-state index contributed by atoms with van der Waals surface area (Å²) >= 11 is 4.52. The normalized spacial score (nSPS) is 25.8. The van der Waals surface area contributed by atoms with Gasteiger partial charge < -0.3 is 14.7 Å². The van der Waals surface area contributed by atoms with Crippen LogP contribution in [0.25, 0.3) is 0 Å². The maximum atomic E-state index is 8.73. The average Bonchev–Trinajstić information content (AvgIpc) is 2.33. The van der Waals surface area contributed by atoms with Crippen LogP contribution in [-0.2, 0) is 4.74 Å². The molecule has 1 heterocycles. The second-order valence-corrected chi connectivity index (χ2v) is 5.90. The number of aliphatic hydroxyl groups is 1. The summed E-state index contributed by atoms with van der Waals surface area (Å²) in [6.45, 7) is 4.15. The lowest BCUT2D eigenvalue weighted by Gasteiger charge is -2.45. The minimum atomic E-state index is 0.142. The average molecular weight is 259 g/mol. The van der Waals surface area contributed by atoms with Gasteiger partial charge in [0.15, 0.2) is 0 Å². The molecule has 1 saturated carbocycles. The van der Waals surface area contributed by atoms with Gasteiger partial charge in [-0.3, -0.25) is 0 Å². The zero-order valence-electron chi connectivity index (χ0n) is 10.6. The number of rotatable bonds is 6. The molecule has 0 radical (unpaired) electrons. The van der Waals surface area contributed by atoms with Gasteiger partial charge in [-0.05, 0) is 36.9 Å². The van der Waals surface area contributed by atoms with Crippen LogP contribution in [0.2, 0.25) is 0 Å². The molecule has 1 N–H and O–H groups in total. The molecular formula is C13H25NO2S. The first-order valence-corrected chi connectivity index (χ1v) is 7.47. The smallest absolute Gasteiger partial charge is 0.0701 e. The van der Waals surface area contributed by atoms with Gasteiger partial charge in [0.2, 0.25) is 0 Å². The van der Waals surface area contributed by atoms with E-state index in [1.165, 1.54) is 25.8 Å². The van der Waals surface area contributed by atoms with E-state index < -0.39 is 0 Å². The zero-order chi connectivity index (χ0) is 12.1. The molecular weight excluding hydrogens is 234 g/mol. The molecule has 0 spiro atoms. The number of aliphatic hydroxyl groups excluding tert-OH is 1. The van der Waals surface area contributed by atoms with Crippen molar-refractivity contribution in [3.8, 4) is 0 Å². The van der Waals surface area contributed by atoms with Crippen LogP contribution in [0.5, 0.6) is 0 Å². The molecule has 1 saturated heterocycles. The van der Waals surface area contributed by atoms with Crippen LogP contribution in [0.3, 0.4) is 0 Å². The summed E-state index contributed by atoms with van der Waals surface area (Å²) in [6, 6.07) is 0. The van der Waals surface area contributed by atoms with Gasteiger partial charge in [-0.2, -0.15) is 12.6 Å². The molecule has 0 bridgehead atoms. The van der Waals surface area contributed by atoms with Gasteiger partial charge in [-0.15, -0.1) is 0 Å². The number of piperidine rings is 1. The van der Waals surface area contributed by atoms with E-state index in [1.54, 1.807) is 0 Å². The van der Waals surface area contributed by atoms with E-state index in [9.17, 15) is 0 Å². The lowest BCUT2D eigenvalue weighted by Crippen LogP contribution is -2.47. The van der Waals surface area contributed by atoms with Gasteiger partial charge in [0.05, 0.1) is 19.3 Å². The molecule has 1 aliphatic carbocycles. The van der Waals surface area contributed by atoms with Gasteiger partial charge in [0.25, 0.3) is 0 Å². The molecule has 0 aromatic rings. The Kier molecular flexibility index (Phi) is 5.15. The molecule has 3 nitrogen and oxygen atoms in total. The van der Waals surface area contributed by atoms with E-state index in [0.29, 0.717) is 18.1 Å². The highest BCUT2D eigenvalue weighted by molar-refractivity contribution is 7.80. The third-order valence-corrected chi connectivity index (χ3v) is 4.96. The summed E-state index contributed by atoms with van der Waals surface area (Å²) in [4.78, 5) is 2.58. The number of hydrogen-bond acceptors (Lipinski definition) is 4. The first-order valence-electron chi connectivity index (χ1n) is 6.84. The topological polar surface area (TPSA) is 32.7 Å². The Labute approximate surface area is 110 Å². The number of ether oxygens (including phenoxy) is 1. The van der Waals surface area contributed by atoms with E-state index in [-0.39, 0.29) is 6.61 Å². The van der Waals surface area contributed by atoms with Crippen molar-refractivity contribution in [2.75, 3.05) is 38.6 Å². The first kappa shape index (κ1) is 13.7. The minimum absolute atomic E-state index is 0.142. The third kappa shape index (κ3) is 3.60. The Morgan fingerprint density at radius 1 is 1.29 bits per heavy atom. The zero-order valence-corrected chi connectivity index (χ0v) is 11.5. The molecule has 0 unspecified atom stereocenters. The highest BCUT2D eigenvalue weighted by Crippen LogP contribution is 2.42. The molecule has 0 amide bonds. The van der Waals surface area contributed by atoms with E-state index in [1.807, 2.05) is 0 Å². The fourth-order valence-electron chi connectivity index (χ4n) is 2.97. The lowest BCUT2D eigenvalue weighted by molar-refractivity contribution is -0.0194. The van der Waals surface area contributed by atoms with Crippen molar-refractivity contribution >= 4 is 12.6 Å². The predicted octanol–water partition coefficient (Wildman–Crippen LogP) is 1.56. The van der Waals surface area contributed by atoms with Gasteiger partial charge in [0.1, 0.15) is 0 Å². The fraction of sp³-hybridized carbons (Fsp3) is 1.00.